The number of aryl methyl sites for hydroxylation is 2. The average Bonchev–Trinajstić information content (AvgIpc) is 2.82. The second kappa shape index (κ2) is 7.15. The summed E-state index contributed by atoms with van der Waals surface area (Å²) in [4.78, 5) is 24.5. The van der Waals surface area contributed by atoms with Crippen LogP contribution in [0.4, 0.5) is 0 Å². The van der Waals surface area contributed by atoms with Crippen LogP contribution < -0.4 is 5.32 Å². The minimum atomic E-state index is -0.847. The number of hydrogen-bond acceptors (Lipinski definition) is 5. The molecule has 128 valence electrons. The first-order valence-corrected chi connectivity index (χ1v) is 8.25. The maximum absolute atomic E-state index is 12.3. The quantitative estimate of drug-likeness (QED) is 0.862. The third-order valence-corrected chi connectivity index (χ3v) is 4.93. The van der Waals surface area contributed by atoms with Crippen molar-refractivity contribution in [3.63, 3.8) is 0 Å². The topological polar surface area (TPSA) is 81.4 Å². The Kier molecular flexibility index (Phi) is 5.44. The number of carbonyl (C=O) groups excluding carboxylic acids is 2. The molecule has 2 rings (SSSR count). The molecule has 1 N–H and O–H groups in total. The van der Waals surface area contributed by atoms with Crippen molar-refractivity contribution >= 4 is 11.9 Å². The second-order valence-corrected chi connectivity index (χ2v) is 6.63. The predicted octanol–water partition coefficient (Wildman–Crippen LogP) is 2.78. The lowest BCUT2D eigenvalue weighted by atomic mass is 9.78. The van der Waals surface area contributed by atoms with Gasteiger partial charge in [0.1, 0.15) is 11.3 Å². The Hall–Kier alpha value is -1.85. The van der Waals surface area contributed by atoms with E-state index in [9.17, 15) is 9.59 Å². The molecule has 6 nitrogen and oxygen atoms in total. The first kappa shape index (κ1) is 17.5. The van der Waals surface area contributed by atoms with Crippen molar-refractivity contribution in [3.05, 3.63) is 17.0 Å². The van der Waals surface area contributed by atoms with Crippen LogP contribution in [0.3, 0.4) is 0 Å². The van der Waals surface area contributed by atoms with Gasteiger partial charge in [-0.15, -0.1) is 0 Å². The lowest BCUT2D eigenvalue weighted by Crippen LogP contribution is -2.47. The molecule has 1 aromatic rings. The third kappa shape index (κ3) is 3.92. The summed E-state index contributed by atoms with van der Waals surface area (Å²) in [6.07, 6.45) is 2.44. The van der Waals surface area contributed by atoms with E-state index in [1.54, 1.807) is 20.8 Å². The van der Waals surface area contributed by atoms with Crippen LogP contribution in [0.25, 0.3) is 0 Å². The van der Waals surface area contributed by atoms with Gasteiger partial charge in [0.15, 0.2) is 6.10 Å². The van der Waals surface area contributed by atoms with Gasteiger partial charge in [-0.25, -0.2) is 4.79 Å². The Morgan fingerprint density at radius 3 is 2.61 bits per heavy atom. The van der Waals surface area contributed by atoms with Gasteiger partial charge >= 0.3 is 5.97 Å². The normalized spacial score (nSPS) is 25.7. The molecule has 0 bridgehead atoms. The SMILES string of the molecule is Cc1noc(C)c1C(=O)O[C@H](C)C(=O)N[C@H]1CCC[C@H](C)[C@@H]1C. The van der Waals surface area contributed by atoms with Gasteiger partial charge in [0.05, 0.1) is 5.69 Å². The second-order valence-electron chi connectivity index (χ2n) is 6.63. The Labute approximate surface area is 136 Å². The van der Waals surface area contributed by atoms with Crippen LogP contribution in [0.5, 0.6) is 0 Å². The molecule has 1 aliphatic rings. The molecule has 1 aromatic heterocycles. The van der Waals surface area contributed by atoms with Crippen LogP contribution in [0.15, 0.2) is 4.52 Å². The highest BCUT2D eigenvalue weighted by Gasteiger charge is 2.30. The number of nitrogens with zero attached hydrogens (tertiary/aromatic N) is 1. The monoisotopic (exact) mass is 322 g/mol. The zero-order chi connectivity index (χ0) is 17.1. The summed E-state index contributed by atoms with van der Waals surface area (Å²) in [7, 11) is 0. The van der Waals surface area contributed by atoms with Gasteiger partial charge in [-0.2, -0.15) is 0 Å². The van der Waals surface area contributed by atoms with Gasteiger partial charge in [-0.1, -0.05) is 31.8 Å². The summed E-state index contributed by atoms with van der Waals surface area (Å²) < 4.78 is 10.2. The molecule has 0 aliphatic heterocycles. The fourth-order valence-electron chi connectivity index (χ4n) is 3.13. The minimum Gasteiger partial charge on any atom is -0.449 e. The Bertz CT molecular complexity index is 562. The molecular formula is C17H26N2O4. The number of aromatic nitrogens is 1. The summed E-state index contributed by atoms with van der Waals surface area (Å²) in [6, 6.07) is 0.145. The lowest BCUT2D eigenvalue weighted by molar-refractivity contribution is -0.130. The smallest absolute Gasteiger partial charge is 0.344 e. The molecule has 1 heterocycles. The zero-order valence-corrected chi connectivity index (χ0v) is 14.5. The maximum atomic E-state index is 12.3. The van der Waals surface area contributed by atoms with E-state index in [-0.39, 0.29) is 11.9 Å². The Morgan fingerprint density at radius 1 is 1.30 bits per heavy atom. The number of esters is 1. The van der Waals surface area contributed by atoms with Crippen LogP contribution in [-0.2, 0) is 9.53 Å². The molecule has 0 saturated heterocycles. The maximum Gasteiger partial charge on any atom is 0.344 e. The largest absolute Gasteiger partial charge is 0.449 e. The third-order valence-electron chi connectivity index (χ3n) is 4.93. The van der Waals surface area contributed by atoms with E-state index < -0.39 is 12.1 Å². The van der Waals surface area contributed by atoms with E-state index in [4.69, 9.17) is 9.26 Å². The number of amides is 1. The summed E-state index contributed by atoms with van der Waals surface area (Å²) in [5.41, 5.74) is 0.763. The summed E-state index contributed by atoms with van der Waals surface area (Å²) in [5.74, 6) is 0.590. The lowest BCUT2D eigenvalue weighted by Gasteiger charge is -2.35. The first-order chi connectivity index (χ1) is 10.8. The predicted molar refractivity (Wildman–Crippen MR) is 85.0 cm³/mol. The van der Waals surface area contributed by atoms with E-state index in [0.29, 0.717) is 28.9 Å². The van der Waals surface area contributed by atoms with Crippen LogP contribution in [0, 0.1) is 25.7 Å². The minimum absolute atomic E-state index is 0.145. The van der Waals surface area contributed by atoms with Crippen molar-refractivity contribution < 1.29 is 18.8 Å². The van der Waals surface area contributed by atoms with E-state index in [1.807, 2.05) is 0 Å². The fraction of sp³-hybridized carbons (Fsp3) is 0.706. The summed E-state index contributed by atoms with van der Waals surface area (Å²) >= 11 is 0. The zero-order valence-electron chi connectivity index (χ0n) is 14.5. The van der Waals surface area contributed by atoms with Crippen molar-refractivity contribution in [2.24, 2.45) is 11.8 Å². The number of nitrogens with one attached hydrogen (secondary N) is 1. The van der Waals surface area contributed by atoms with Crippen LogP contribution in [0.1, 0.15) is 61.8 Å². The van der Waals surface area contributed by atoms with Gasteiger partial charge in [0.25, 0.3) is 5.91 Å². The molecule has 1 saturated carbocycles. The van der Waals surface area contributed by atoms with E-state index in [0.717, 1.165) is 12.8 Å². The van der Waals surface area contributed by atoms with E-state index >= 15 is 0 Å². The number of hydrogen-bond donors (Lipinski definition) is 1. The number of rotatable bonds is 4. The van der Waals surface area contributed by atoms with Crippen molar-refractivity contribution in [3.8, 4) is 0 Å². The van der Waals surface area contributed by atoms with Crippen LogP contribution in [-0.4, -0.2) is 29.2 Å². The van der Waals surface area contributed by atoms with Crippen molar-refractivity contribution in [2.45, 2.75) is 66.0 Å². The van der Waals surface area contributed by atoms with Crippen molar-refractivity contribution in [1.82, 2.24) is 10.5 Å². The number of ether oxygens (including phenoxy) is 1. The average molecular weight is 322 g/mol. The fourth-order valence-corrected chi connectivity index (χ4v) is 3.13. The highest BCUT2D eigenvalue weighted by Crippen LogP contribution is 2.29. The molecule has 1 amide bonds. The highest BCUT2D eigenvalue weighted by molar-refractivity contribution is 5.93. The number of carbonyl (C=O) groups is 2. The Balaban J connectivity index is 1.94. The molecule has 0 unspecified atom stereocenters. The molecule has 0 radical (unpaired) electrons. The molecule has 4 atom stereocenters. The van der Waals surface area contributed by atoms with E-state index in [2.05, 4.69) is 24.3 Å². The molecular weight excluding hydrogens is 296 g/mol. The van der Waals surface area contributed by atoms with E-state index in [1.165, 1.54) is 6.42 Å². The van der Waals surface area contributed by atoms with Crippen LogP contribution in [0.2, 0.25) is 0 Å². The van der Waals surface area contributed by atoms with Gasteiger partial charge < -0.3 is 14.6 Å². The molecule has 23 heavy (non-hydrogen) atoms. The standard InChI is InChI=1S/C17H26N2O4/c1-9-7-6-8-14(10(9)2)18-16(20)13(5)22-17(21)15-11(3)19-23-12(15)4/h9-10,13-14H,6-8H2,1-5H3,(H,18,20)/t9-,10-,13+,14-/m0/s1. The molecule has 1 fully saturated rings. The van der Waals surface area contributed by atoms with Crippen LogP contribution >= 0.6 is 0 Å². The molecule has 6 heteroatoms. The Morgan fingerprint density at radius 2 is 2.00 bits per heavy atom. The first-order valence-electron chi connectivity index (χ1n) is 8.25. The molecule has 1 aliphatic carbocycles. The van der Waals surface area contributed by atoms with Gasteiger partial charge in [-0.05, 0) is 39.0 Å². The van der Waals surface area contributed by atoms with Gasteiger partial charge in [-0.3, -0.25) is 4.79 Å². The van der Waals surface area contributed by atoms with Gasteiger partial charge in [0.2, 0.25) is 0 Å². The van der Waals surface area contributed by atoms with Crippen molar-refractivity contribution in [2.75, 3.05) is 0 Å². The summed E-state index contributed by atoms with van der Waals surface area (Å²) in [6.45, 7) is 9.27. The molecule has 0 spiro atoms. The highest BCUT2D eigenvalue weighted by atomic mass is 16.5. The molecule has 0 aromatic carbocycles. The summed E-state index contributed by atoms with van der Waals surface area (Å²) in [5, 5.41) is 6.75. The van der Waals surface area contributed by atoms with Gasteiger partial charge in [0, 0.05) is 6.04 Å². The van der Waals surface area contributed by atoms with Crippen molar-refractivity contribution in [1.29, 1.82) is 0 Å².